The zero-order valence-electron chi connectivity index (χ0n) is 23.3. The number of halogens is 2. The normalized spacial score (nSPS) is 22.6. The van der Waals surface area contributed by atoms with Gasteiger partial charge in [-0.1, -0.05) is 13.8 Å². The lowest BCUT2D eigenvalue weighted by molar-refractivity contribution is -0.122. The number of piperidine rings is 1. The van der Waals surface area contributed by atoms with Crippen molar-refractivity contribution in [3.05, 3.63) is 35.5 Å². The Morgan fingerprint density at radius 3 is 2.43 bits per heavy atom. The summed E-state index contributed by atoms with van der Waals surface area (Å²) in [6.07, 6.45) is 4.15. The number of fused-ring (bicyclic) bond motifs is 1. The number of carbonyl (C=O) groups is 2. The number of nitrogens with zero attached hydrogens (tertiary/aromatic N) is 6. The Morgan fingerprint density at radius 1 is 1.14 bits per heavy atom. The molecule has 222 valence electrons. The number of carbonyl (C=O) groups excluding carboxylic acids is 1. The van der Waals surface area contributed by atoms with Gasteiger partial charge in [-0.25, -0.2) is 23.5 Å². The number of imidazole rings is 1. The lowest BCUT2D eigenvalue weighted by Gasteiger charge is -2.42. The van der Waals surface area contributed by atoms with E-state index in [0.717, 1.165) is 18.6 Å². The van der Waals surface area contributed by atoms with Crippen molar-refractivity contribution in [3.8, 4) is 6.07 Å². The Morgan fingerprint density at radius 2 is 1.83 bits per heavy atom. The maximum absolute atomic E-state index is 14.8. The van der Waals surface area contributed by atoms with Crippen LogP contribution in [0.15, 0.2) is 18.3 Å². The van der Waals surface area contributed by atoms with Gasteiger partial charge in [0.15, 0.2) is 17.3 Å². The number of benzene rings is 1. The number of nitrogens with one attached hydrogen (secondary N) is 2. The quantitative estimate of drug-likeness (QED) is 0.313. The van der Waals surface area contributed by atoms with Crippen LogP contribution in [0.2, 0.25) is 0 Å². The van der Waals surface area contributed by atoms with E-state index < -0.39 is 23.4 Å². The summed E-state index contributed by atoms with van der Waals surface area (Å²) in [5, 5.41) is 24.9. The molecule has 42 heavy (non-hydrogen) atoms. The molecule has 0 bridgehead atoms. The average molecular weight is 582 g/mol. The van der Waals surface area contributed by atoms with Gasteiger partial charge in [0.25, 0.3) is 0 Å². The number of likely N-dealkylation sites (tertiary alicyclic amines) is 1. The molecule has 0 radical (unpaired) electrons. The second-order valence-electron chi connectivity index (χ2n) is 11.3. The number of nitriles is 1. The fourth-order valence-corrected chi connectivity index (χ4v) is 6.27. The zero-order valence-corrected chi connectivity index (χ0v) is 23.3. The Hall–Kier alpha value is -4.54. The second kappa shape index (κ2) is 11.8. The number of anilines is 3. The molecule has 12 nitrogen and oxygen atoms in total. The molecule has 3 aromatic rings. The predicted octanol–water partition coefficient (Wildman–Crippen LogP) is 4.52. The SMILES string of the molecule is CC(C)C1C(Nc2ncc3nc(Nc4c(F)cc(C#N)cc4F)n(C4CCC(C(N)=O)CC4)c3n2)CCCN1C(=O)O. The van der Waals surface area contributed by atoms with Gasteiger partial charge in [-0.3, -0.25) is 9.36 Å². The molecule has 2 atom stereocenters. The van der Waals surface area contributed by atoms with E-state index in [0.29, 0.717) is 49.8 Å². The second-order valence-corrected chi connectivity index (χ2v) is 11.3. The maximum atomic E-state index is 14.8. The van der Waals surface area contributed by atoms with E-state index in [2.05, 4.69) is 20.6 Å². The van der Waals surface area contributed by atoms with E-state index in [1.807, 2.05) is 13.8 Å². The van der Waals surface area contributed by atoms with Crippen molar-refractivity contribution in [2.45, 2.75) is 70.5 Å². The third kappa shape index (κ3) is 5.63. The summed E-state index contributed by atoms with van der Waals surface area (Å²) in [5.74, 6) is -2.06. The Bertz CT molecular complexity index is 1520. The molecule has 1 aliphatic carbocycles. The molecule has 2 unspecified atom stereocenters. The van der Waals surface area contributed by atoms with Gasteiger partial charge in [0.1, 0.15) is 11.2 Å². The van der Waals surface area contributed by atoms with Gasteiger partial charge in [-0.15, -0.1) is 0 Å². The molecule has 1 aromatic carbocycles. The summed E-state index contributed by atoms with van der Waals surface area (Å²) in [4.78, 5) is 38.9. The van der Waals surface area contributed by atoms with Gasteiger partial charge in [-0.2, -0.15) is 10.2 Å². The maximum Gasteiger partial charge on any atom is 0.407 e. The summed E-state index contributed by atoms with van der Waals surface area (Å²) in [6.45, 7) is 4.40. The van der Waals surface area contributed by atoms with Crippen LogP contribution in [-0.4, -0.2) is 60.2 Å². The zero-order chi connectivity index (χ0) is 30.1. The van der Waals surface area contributed by atoms with Crippen LogP contribution >= 0.6 is 0 Å². The smallest absolute Gasteiger partial charge is 0.407 e. The van der Waals surface area contributed by atoms with Gasteiger partial charge in [-0.05, 0) is 56.6 Å². The Balaban J connectivity index is 1.53. The first-order valence-electron chi connectivity index (χ1n) is 14.0. The first-order valence-corrected chi connectivity index (χ1v) is 14.0. The van der Waals surface area contributed by atoms with E-state index in [-0.39, 0.29) is 53.3 Å². The molecular weight excluding hydrogens is 548 g/mol. The highest BCUT2D eigenvalue weighted by atomic mass is 19.1. The molecule has 1 saturated carbocycles. The van der Waals surface area contributed by atoms with Crippen LogP contribution in [0.4, 0.5) is 31.2 Å². The molecule has 2 aliphatic rings. The first kappa shape index (κ1) is 29.0. The molecule has 0 spiro atoms. The Labute approximate surface area is 240 Å². The van der Waals surface area contributed by atoms with Crippen LogP contribution in [0.25, 0.3) is 11.2 Å². The molecule has 2 fully saturated rings. The average Bonchev–Trinajstić information content (AvgIpc) is 3.31. The largest absolute Gasteiger partial charge is 0.465 e. The number of nitrogens with two attached hydrogens (primary N) is 1. The molecule has 5 rings (SSSR count). The minimum Gasteiger partial charge on any atom is -0.465 e. The summed E-state index contributed by atoms with van der Waals surface area (Å²) in [6, 6.07) is 2.88. The fourth-order valence-electron chi connectivity index (χ4n) is 6.27. The van der Waals surface area contributed by atoms with Crippen LogP contribution in [0, 0.1) is 34.8 Å². The van der Waals surface area contributed by atoms with Gasteiger partial charge in [0.05, 0.1) is 23.9 Å². The minimum absolute atomic E-state index is 0.0432. The van der Waals surface area contributed by atoms with E-state index in [9.17, 15) is 23.5 Å². The number of hydrogen-bond donors (Lipinski definition) is 4. The van der Waals surface area contributed by atoms with Crippen LogP contribution in [0.1, 0.15) is 64.0 Å². The monoisotopic (exact) mass is 581 g/mol. The highest BCUT2D eigenvalue weighted by Crippen LogP contribution is 2.38. The molecular formula is C28H33F2N9O3. The molecule has 2 aromatic heterocycles. The van der Waals surface area contributed by atoms with Crippen molar-refractivity contribution < 1.29 is 23.5 Å². The van der Waals surface area contributed by atoms with Crippen molar-refractivity contribution in [1.82, 2.24) is 24.4 Å². The van der Waals surface area contributed by atoms with E-state index >= 15 is 0 Å². The van der Waals surface area contributed by atoms with Crippen LogP contribution in [-0.2, 0) is 4.79 Å². The fraction of sp³-hybridized carbons (Fsp3) is 0.500. The van der Waals surface area contributed by atoms with E-state index in [1.165, 1.54) is 11.1 Å². The number of hydrogen-bond acceptors (Lipinski definition) is 8. The first-order chi connectivity index (χ1) is 20.1. The van der Waals surface area contributed by atoms with Gasteiger partial charge in [0.2, 0.25) is 17.8 Å². The summed E-state index contributed by atoms with van der Waals surface area (Å²) in [7, 11) is 0. The van der Waals surface area contributed by atoms with Gasteiger partial charge in [0, 0.05) is 24.5 Å². The van der Waals surface area contributed by atoms with Crippen molar-refractivity contribution in [2.75, 3.05) is 17.2 Å². The van der Waals surface area contributed by atoms with Crippen LogP contribution < -0.4 is 16.4 Å². The third-order valence-corrected chi connectivity index (χ3v) is 8.23. The van der Waals surface area contributed by atoms with Crippen LogP contribution in [0.3, 0.4) is 0 Å². The molecule has 1 saturated heterocycles. The Kier molecular flexibility index (Phi) is 8.11. The summed E-state index contributed by atoms with van der Waals surface area (Å²) < 4.78 is 31.4. The molecule has 2 amide bonds. The highest BCUT2D eigenvalue weighted by Gasteiger charge is 2.37. The minimum atomic E-state index is -0.973. The van der Waals surface area contributed by atoms with Crippen molar-refractivity contribution in [2.24, 2.45) is 17.6 Å². The number of carboxylic acid groups (broad SMARTS) is 1. The lowest BCUT2D eigenvalue weighted by atomic mass is 9.85. The topological polar surface area (TPSA) is 175 Å². The van der Waals surface area contributed by atoms with Crippen molar-refractivity contribution >= 4 is 40.7 Å². The molecule has 14 heteroatoms. The number of primary amides is 1. The number of amides is 2. The molecule has 5 N–H and O–H groups in total. The standard InChI is InChI=1S/C28H33F2N9O3/c1-14(2)23-20(4-3-9-38(23)28(41)42)34-26-33-13-21-25(37-26)39(17-7-5-16(6-8-17)24(32)40)27(35-21)36-22-18(29)10-15(12-31)11-19(22)30/h10-11,13-14,16-17,20,23H,3-9H2,1-2H3,(H2,32,40)(H,35,36)(H,41,42)(H,33,34,37). The van der Waals surface area contributed by atoms with Crippen molar-refractivity contribution in [1.29, 1.82) is 5.26 Å². The van der Waals surface area contributed by atoms with Gasteiger partial charge >= 0.3 is 6.09 Å². The van der Waals surface area contributed by atoms with Gasteiger partial charge < -0.3 is 26.4 Å². The van der Waals surface area contributed by atoms with Crippen LogP contribution in [0.5, 0.6) is 0 Å². The van der Waals surface area contributed by atoms with E-state index in [4.69, 9.17) is 16.0 Å². The number of aromatic nitrogens is 4. The lowest BCUT2D eigenvalue weighted by Crippen LogP contribution is -2.55. The van der Waals surface area contributed by atoms with Crippen molar-refractivity contribution in [3.63, 3.8) is 0 Å². The summed E-state index contributed by atoms with van der Waals surface area (Å²) in [5.41, 5.74) is 5.72. The number of rotatable bonds is 7. The summed E-state index contributed by atoms with van der Waals surface area (Å²) >= 11 is 0. The predicted molar refractivity (Wildman–Crippen MR) is 150 cm³/mol. The van der Waals surface area contributed by atoms with E-state index in [1.54, 1.807) is 10.6 Å². The highest BCUT2D eigenvalue weighted by molar-refractivity contribution is 5.78. The molecule has 3 heterocycles. The third-order valence-electron chi connectivity index (χ3n) is 8.23. The molecule has 1 aliphatic heterocycles.